The predicted octanol–water partition coefficient (Wildman–Crippen LogP) is 3.42. The van der Waals surface area contributed by atoms with Crippen LogP contribution in [0.25, 0.3) is 11.1 Å². The van der Waals surface area contributed by atoms with Gasteiger partial charge >= 0.3 is 0 Å². The molecule has 2 aliphatic heterocycles. The fraction of sp³-hybridized carbons (Fsp3) is 0.346. The lowest BCUT2D eigenvalue weighted by Crippen LogP contribution is -2.67. The summed E-state index contributed by atoms with van der Waals surface area (Å²) in [5, 5.41) is 2.99. The standard InChI is InChI=1S/C26H27FN4O3/c1-17(20-5-3-4-6-21(20)18-7-9-19(27)10-8-18)31-16-28-13-22(31)25(33)30-12-11-23-26(2,15-30)34-14-24(32)29-23/h3-10,13,16-17,23H,11-12,14-15H2,1-2H3,(H,29,32)/t17-,23+,26+/m0/s1. The molecule has 0 aliphatic carbocycles. The number of morpholine rings is 1. The molecule has 0 spiro atoms. The minimum atomic E-state index is -0.618. The molecule has 1 aromatic heterocycles. The second-order valence-corrected chi connectivity index (χ2v) is 9.19. The minimum absolute atomic E-state index is 0.00413. The van der Waals surface area contributed by atoms with Crippen LogP contribution in [0.2, 0.25) is 0 Å². The lowest BCUT2D eigenvalue weighted by atomic mass is 9.87. The Hall–Kier alpha value is -3.52. The Labute approximate surface area is 197 Å². The molecular formula is C26H27FN4O3. The van der Waals surface area contributed by atoms with Crippen molar-refractivity contribution in [2.75, 3.05) is 19.7 Å². The van der Waals surface area contributed by atoms with Crippen LogP contribution in [0.3, 0.4) is 0 Å². The maximum atomic E-state index is 13.6. The number of hydrogen-bond acceptors (Lipinski definition) is 4. The SMILES string of the molecule is C[C@@H](c1ccccc1-c1ccc(F)cc1)n1cncc1C(=O)N1CC[C@H]2NC(=O)CO[C@]2(C)C1. The van der Waals surface area contributed by atoms with Crippen molar-refractivity contribution in [1.82, 2.24) is 19.8 Å². The maximum Gasteiger partial charge on any atom is 0.272 e. The van der Waals surface area contributed by atoms with E-state index < -0.39 is 5.60 Å². The number of carbonyl (C=O) groups excluding carboxylic acids is 2. The van der Waals surface area contributed by atoms with E-state index >= 15 is 0 Å². The Morgan fingerprint density at radius 3 is 2.79 bits per heavy atom. The van der Waals surface area contributed by atoms with E-state index in [2.05, 4.69) is 10.3 Å². The van der Waals surface area contributed by atoms with Gasteiger partial charge in [-0.15, -0.1) is 0 Å². The van der Waals surface area contributed by atoms with Crippen LogP contribution in [0.15, 0.2) is 61.1 Å². The average Bonchev–Trinajstić information content (AvgIpc) is 3.33. The van der Waals surface area contributed by atoms with E-state index in [1.54, 1.807) is 29.6 Å². The van der Waals surface area contributed by atoms with Gasteiger partial charge in [0.2, 0.25) is 5.91 Å². The van der Waals surface area contributed by atoms with Crippen LogP contribution in [-0.4, -0.2) is 57.6 Å². The Morgan fingerprint density at radius 2 is 2.00 bits per heavy atom. The number of nitrogens with one attached hydrogen (secondary N) is 1. The number of ether oxygens (including phenoxy) is 1. The lowest BCUT2D eigenvalue weighted by Gasteiger charge is -2.48. The van der Waals surface area contributed by atoms with Crippen LogP contribution in [0, 0.1) is 5.82 Å². The van der Waals surface area contributed by atoms with Crippen molar-refractivity contribution in [2.45, 2.75) is 38.0 Å². The van der Waals surface area contributed by atoms with E-state index in [4.69, 9.17) is 4.74 Å². The summed E-state index contributed by atoms with van der Waals surface area (Å²) in [5.74, 6) is -0.520. The van der Waals surface area contributed by atoms with Crippen molar-refractivity contribution in [1.29, 1.82) is 0 Å². The van der Waals surface area contributed by atoms with Gasteiger partial charge in [-0.1, -0.05) is 36.4 Å². The summed E-state index contributed by atoms with van der Waals surface area (Å²) in [6.07, 6.45) is 3.90. The average molecular weight is 463 g/mol. The maximum absolute atomic E-state index is 13.6. The second kappa shape index (κ2) is 8.68. The fourth-order valence-electron chi connectivity index (χ4n) is 5.01. The van der Waals surface area contributed by atoms with E-state index in [0.717, 1.165) is 16.7 Å². The molecule has 176 valence electrons. The molecule has 0 radical (unpaired) electrons. The summed E-state index contributed by atoms with van der Waals surface area (Å²) in [4.78, 5) is 31.4. The number of rotatable bonds is 4. The second-order valence-electron chi connectivity index (χ2n) is 9.19. The number of halogens is 1. The first-order valence-corrected chi connectivity index (χ1v) is 11.4. The normalized spacial score (nSPS) is 23.2. The summed E-state index contributed by atoms with van der Waals surface area (Å²) in [7, 11) is 0. The van der Waals surface area contributed by atoms with Crippen molar-refractivity contribution in [3.05, 3.63) is 78.1 Å². The van der Waals surface area contributed by atoms with Gasteiger partial charge in [0.1, 0.15) is 23.7 Å². The third-order valence-electron chi connectivity index (χ3n) is 6.95. The number of aromatic nitrogens is 2. The summed E-state index contributed by atoms with van der Waals surface area (Å²) >= 11 is 0. The van der Waals surface area contributed by atoms with Crippen molar-refractivity contribution in [3.8, 4) is 11.1 Å². The Kier molecular flexibility index (Phi) is 5.69. The van der Waals surface area contributed by atoms with Crippen molar-refractivity contribution in [3.63, 3.8) is 0 Å². The van der Waals surface area contributed by atoms with E-state index in [-0.39, 0.29) is 36.3 Å². The quantitative estimate of drug-likeness (QED) is 0.645. The summed E-state index contributed by atoms with van der Waals surface area (Å²) in [6.45, 7) is 4.88. The van der Waals surface area contributed by atoms with Crippen molar-refractivity contribution in [2.24, 2.45) is 0 Å². The van der Waals surface area contributed by atoms with Crippen LogP contribution < -0.4 is 5.32 Å². The zero-order chi connectivity index (χ0) is 23.9. The Morgan fingerprint density at radius 1 is 1.24 bits per heavy atom. The van der Waals surface area contributed by atoms with Gasteiger partial charge in [0.15, 0.2) is 0 Å². The highest BCUT2D eigenvalue weighted by atomic mass is 19.1. The highest BCUT2D eigenvalue weighted by molar-refractivity contribution is 5.93. The van der Waals surface area contributed by atoms with E-state index in [9.17, 15) is 14.0 Å². The molecular weight excluding hydrogens is 435 g/mol. The number of fused-ring (bicyclic) bond motifs is 1. The smallest absolute Gasteiger partial charge is 0.272 e. The zero-order valence-corrected chi connectivity index (χ0v) is 19.2. The number of imidazole rings is 1. The molecule has 2 aliphatic rings. The molecule has 5 rings (SSSR count). The highest BCUT2D eigenvalue weighted by Crippen LogP contribution is 2.32. The van der Waals surface area contributed by atoms with Crippen LogP contribution in [0.5, 0.6) is 0 Å². The number of carbonyl (C=O) groups is 2. The number of amides is 2. The molecule has 34 heavy (non-hydrogen) atoms. The van der Waals surface area contributed by atoms with Crippen molar-refractivity contribution >= 4 is 11.8 Å². The first kappa shape index (κ1) is 22.3. The van der Waals surface area contributed by atoms with Gasteiger partial charge in [0.05, 0.1) is 31.2 Å². The molecule has 8 heteroatoms. The minimum Gasteiger partial charge on any atom is -0.361 e. The first-order chi connectivity index (χ1) is 16.4. The van der Waals surface area contributed by atoms with Crippen LogP contribution in [0.4, 0.5) is 4.39 Å². The van der Waals surface area contributed by atoms with Crippen LogP contribution in [-0.2, 0) is 9.53 Å². The number of hydrogen-bond donors (Lipinski definition) is 1. The Bertz CT molecular complexity index is 1220. The molecule has 2 fully saturated rings. The largest absolute Gasteiger partial charge is 0.361 e. The first-order valence-electron chi connectivity index (χ1n) is 11.4. The van der Waals surface area contributed by atoms with Gasteiger partial charge < -0.3 is 19.5 Å². The molecule has 0 bridgehead atoms. The summed E-state index contributed by atoms with van der Waals surface area (Å²) < 4.78 is 21.2. The van der Waals surface area contributed by atoms with Gasteiger partial charge in [0.25, 0.3) is 5.91 Å². The third-order valence-corrected chi connectivity index (χ3v) is 6.95. The number of nitrogens with zero attached hydrogens (tertiary/aromatic N) is 3. The molecule has 3 atom stereocenters. The van der Waals surface area contributed by atoms with Gasteiger partial charge in [-0.3, -0.25) is 9.59 Å². The van der Waals surface area contributed by atoms with E-state index in [1.807, 2.05) is 42.7 Å². The van der Waals surface area contributed by atoms with Gasteiger partial charge in [-0.25, -0.2) is 9.37 Å². The molecule has 0 saturated carbocycles. The van der Waals surface area contributed by atoms with Crippen molar-refractivity contribution < 1.29 is 18.7 Å². The highest BCUT2D eigenvalue weighted by Gasteiger charge is 2.46. The van der Waals surface area contributed by atoms with E-state index in [0.29, 0.717) is 25.2 Å². The number of likely N-dealkylation sites (tertiary alicyclic amines) is 1. The van der Waals surface area contributed by atoms with Gasteiger partial charge in [0, 0.05) is 6.54 Å². The fourth-order valence-corrected chi connectivity index (χ4v) is 5.01. The Balaban J connectivity index is 1.42. The molecule has 7 nitrogen and oxygen atoms in total. The molecule has 3 aromatic rings. The zero-order valence-electron chi connectivity index (χ0n) is 19.2. The molecule has 2 aromatic carbocycles. The van der Waals surface area contributed by atoms with Gasteiger partial charge in [-0.05, 0) is 49.1 Å². The molecule has 0 unspecified atom stereocenters. The van der Waals surface area contributed by atoms with E-state index in [1.165, 1.54) is 12.1 Å². The molecule has 2 amide bonds. The monoisotopic (exact) mass is 462 g/mol. The molecule has 1 N–H and O–H groups in total. The van der Waals surface area contributed by atoms with Crippen LogP contribution in [0.1, 0.15) is 42.4 Å². The molecule has 2 saturated heterocycles. The molecule has 3 heterocycles. The predicted molar refractivity (Wildman–Crippen MR) is 125 cm³/mol. The topological polar surface area (TPSA) is 76.5 Å². The summed E-state index contributed by atoms with van der Waals surface area (Å²) in [6, 6.07) is 14.0. The number of piperidine rings is 1. The van der Waals surface area contributed by atoms with Crippen LogP contribution >= 0.6 is 0 Å². The number of benzene rings is 2. The summed E-state index contributed by atoms with van der Waals surface area (Å²) in [5.41, 5.74) is 2.76. The van der Waals surface area contributed by atoms with Gasteiger partial charge in [-0.2, -0.15) is 0 Å². The lowest BCUT2D eigenvalue weighted by molar-refractivity contribution is -0.156. The third kappa shape index (κ3) is 3.98.